The van der Waals surface area contributed by atoms with E-state index in [4.69, 9.17) is 5.11 Å². The molecule has 0 unspecified atom stereocenters. The average Bonchev–Trinajstić information content (AvgIpc) is 2.21. The number of carboxylic acid groups (broad SMARTS) is 1. The quantitative estimate of drug-likeness (QED) is 0.665. The Morgan fingerprint density at radius 3 is 2.25 bits per heavy atom. The highest BCUT2D eigenvalue weighted by Crippen LogP contribution is 1.97. The van der Waals surface area contributed by atoms with Gasteiger partial charge < -0.3 is 14.9 Å². The van der Waals surface area contributed by atoms with E-state index in [1.165, 1.54) is 6.92 Å². The number of hydrogen-bond donors (Lipinski definition) is 1. The number of hydrogen-bond acceptors (Lipinski definition) is 3. The first kappa shape index (κ1) is 14.9. The van der Waals surface area contributed by atoms with Crippen LogP contribution in [0.4, 0.5) is 0 Å². The molecule has 0 aromatic rings. The SMILES string of the molecule is CCN(C)CCN(CCCC(=O)O)C(C)=O. The molecular weight excluding hydrogens is 208 g/mol. The zero-order valence-corrected chi connectivity index (χ0v) is 10.4. The monoisotopic (exact) mass is 230 g/mol. The summed E-state index contributed by atoms with van der Waals surface area (Å²) < 4.78 is 0. The minimum Gasteiger partial charge on any atom is -0.481 e. The Labute approximate surface area is 97.0 Å². The molecule has 94 valence electrons. The molecule has 5 nitrogen and oxygen atoms in total. The van der Waals surface area contributed by atoms with Crippen LogP contribution in [0.1, 0.15) is 26.7 Å². The Balaban J connectivity index is 3.89. The topological polar surface area (TPSA) is 60.9 Å². The van der Waals surface area contributed by atoms with E-state index in [2.05, 4.69) is 11.8 Å². The number of likely N-dealkylation sites (N-methyl/N-ethyl adjacent to an activating group) is 1. The number of carbonyl (C=O) groups is 2. The van der Waals surface area contributed by atoms with Gasteiger partial charge in [-0.2, -0.15) is 0 Å². The molecule has 5 heteroatoms. The molecule has 0 aliphatic heterocycles. The predicted molar refractivity (Wildman–Crippen MR) is 62.3 cm³/mol. The lowest BCUT2D eigenvalue weighted by molar-refractivity contribution is -0.138. The number of nitrogens with zero attached hydrogens (tertiary/aromatic N) is 2. The maximum absolute atomic E-state index is 11.3. The zero-order chi connectivity index (χ0) is 12.6. The lowest BCUT2D eigenvalue weighted by atomic mass is 10.3. The number of amides is 1. The van der Waals surface area contributed by atoms with Crippen molar-refractivity contribution >= 4 is 11.9 Å². The van der Waals surface area contributed by atoms with Gasteiger partial charge in [-0.3, -0.25) is 9.59 Å². The van der Waals surface area contributed by atoms with Gasteiger partial charge >= 0.3 is 5.97 Å². The van der Waals surface area contributed by atoms with Crippen LogP contribution in [-0.2, 0) is 9.59 Å². The first-order valence-corrected chi connectivity index (χ1v) is 5.63. The highest BCUT2D eigenvalue weighted by atomic mass is 16.4. The molecule has 0 aromatic carbocycles. The Bertz CT molecular complexity index is 231. The van der Waals surface area contributed by atoms with Crippen molar-refractivity contribution in [3.63, 3.8) is 0 Å². The number of aliphatic carboxylic acids is 1. The number of rotatable bonds is 8. The second-order valence-electron chi connectivity index (χ2n) is 3.90. The molecule has 0 atom stereocenters. The average molecular weight is 230 g/mol. The maximum atomic E-state index is 11.3. The molecule has 0 radical (unpaired) electrons. The summed E-state index contributed by atoms with van der Waals surface area (Å²) in [6.45, 7) is 6.54. The number of carbonyl (C=O) groups excluding carboxylic acids is 1. The van der Waals surface area contributed by atoms with E-state index in [0.717, 1.165) is 13.1 Å². The molecule has 0 bridgehead atoms. The summed E-state index contributed by atoms with van der Waals surface area (Å²) >= 11 is 0. The minimum absolute atomic E-state index is 0.00916. The fraction of sp³-hybridized carbons (Fsp3) is 0.818. The zero-order valence-electron chi connectivity index (χ0n) is 10.4. The van der Waals surface area contributed by atoms with Crippen molar-refractivity contribution in [2.24, 2.45) is 0 Å². The van der Waals surface area contributed by atoms with Crippen molar-refractivity contribution in [3.8, 4) is 0 Å². The summed E-state index contributed by atoms with van der Waals surface area (Å²) in [7, 11) is 2.00. The van der Waals surface area contributed by atoms with Crippen LogP contribution in [0.3, 0.4) is 0 Å². The third kappa shape index (κ3) is 7.23. The molecule has 0 aliphatic rings. The van der Waals surface area contributed by atoms with Crippen molar-refractivity contribution in [1.82, 2.24) is 9.80 Å². The fourth-order valence-electron chi connectivity index (χ4n) is 1.30. The molecule has 16 heavy (non-hydrogen) atoms. The lowest BCUT2D eigenvalue weighted by Gasteiger charge is -2.23. The van der Waals surface area contributed by atoms with E-state index in [0.29, 0.717) is 19.5 Å². The normalized spacial score (nSPS) is 10.5. The maximum Gasteiger partial charge on any atom is 0.303 e. The van der Waals surface area contributed by atoms with Gasteiger partial charge in [-0.25, -0.2) is 0 Å². The van der Waals surface area contributed by atoms with Crippen LogP contribution in [0.2, 0.25) is 0 Å². The van der Waals surface area contributed by atoms with Gasteiger partial charge in [0, 0.05) is 33.0 Å². The van der Waals surface area contributed by atoms with Gasteiger partial charge in [-0.1, -0.05) is 6.92 Å². The van der Waals surface area contributed by atoms with Gasteiger partial charge in [0.2, 0.25) is 5.91 Å². The molecule has 0 saturated carbocycles. The third-order valence-corrected chi connectivity index (χ3v) is 2.56. The molecule has 0 aliphatic carbocycles. The Hall–Kier alpha value is -1.10. The van der Waals surface area contributed by atoms with Crippen LogP contribution in [0.5, 0.6) is 0 Å². The third-order valence-electron chi connectivity index (χ3n) is 2.56. The summed E-state index contributed by atoms with van der Waals surface area (Å²) in [5, 5.41) is 8.51. The molecule has 1 N–H and O–H groups in total. The van der Waals surface area contributed by atoms with Gasteiger partial charge in [0.1, 0.15) is 0 Å². The molecule has 0 aromatic heterocycles. The van der Waals surface area contributed by atoms with Gasteiger partial charge in [0.05, 0.1) is 0 Å². The van der Waals surface area contributed by atoms with Crippen LogP contribution < -0.4 is 0 Å². The van der Waals surface area contributed by atoms with Gasteiger partial charge in [0.15, 0.2) is 0 Å². The Morgan fingerprint density at radius 2 is 1.81 bits per heavy atom. The van der Waals surface area contributed by atoms with Crippen molar-refractivity contribution in [2.75, 3.05) is 33.2 Å². The molecule has 0 fully saturated rings. The van der Waals surface area contributed by atoms with Crippen LogP contribution in [0.15, 0.2) is 0 Å². The molecule has 0 saturated heterocycles. The molecule has 0 heterocycles. The first-order chi connectivity index (χ1) is 7.47. The summed E-state index contributed by atoms with van der Waals surface area (Å²) in [4.78, 5) is 25.5. The van der Waals surface area contributed by atoms with Crippen molar-refractivity contribution in [1.29, 1.82) is 0 Å². The largest absolute Gasteiger partial charge is 0.481 e. The van der Waals surface area contributed by atoms with E-state index in [9.17, 15) is 9.59 Å². The predicted octanol–water partition coefficient (Wildman–Crippen LogP) is 0.651. The smallest absolute Gasteiger partial charge is 0.303 e. The highest BCUT2D eigenvalue weighted by molar-refractivity contribution is 5.73. The van der Waals surface area contributed by atoms with Crippen LogP contribution >= 0.6 is 0 Å². The molecular formula is C11H22N2O3. The van der Waals surface area contributed by atoms with Gasteiger partial charge in [-0.05, 0) is 20.0 Å². The van der Waals surface area contributed by atoms with E-state index < -0.39 is 5.97 Å². The van der Waals surface area contributed by atoms with Gasteiger partial charge in [-0.15, -0.1) is 0 Å². The standard InChI is InChI=1S/C11H22N2O3/c1-4-12(3)8-9-13(10(2)14)7-5-6-11(15)16/h4-9H2,1-3H3,(H,15,16). The van der Waals surface area contributed by atoms with Crippen LogP contribution in [-0.4, -0.2) is 60.0 Å². The van der Waals surface area contributed by atoms with Crippen LogP contribution in [0, 0.1) is 0 Å². The molecule has 1 amide bonds. The second kappa shape index (κ2) is 8.10. The fourth-order valence-corrected chi connectivity index (χ4v) is 1.30. The summed E-state index contributed by atoms with van der Waals surface area (Å²) in [5.41, 5.74) is 0. The highest BCUT2D eigenvalue weighted by Gasteiger charge is 2.09. The summed E-state index contributed by atoms with van der Waals surface area (Å²) in [6.07, 6.45) is 0.637. The van der Waals surface area contributed by atoms with Gasteiger partial charge in [0.25, 0.3) is 0 Å². The Kier molecular flexibility index (Phi) is 7.54. The molecule has 0 rings (SSSR count). The van der Waals surface area contributed by atoms with E-state index in [1.54, 1.807) is 4.90 Å². The van der Waals surface area contributed by atoms with Crippen molar-refractivity contribution < 1.29 is 14.7 Å². The minimum atomic E-state index is -0.811. The number of carboxylic acids is 1. The van der Waals surface area contributed by atoms with Crippen molar-refractivity contribution in [2.45, 2.75) is 26.7 Å². The summed E-state index contributed by atoms with van der Waals surface area (Å²) in [6, 6.07) is 0. The van der Waals surface area contributed by atoms with Crippen LogP contribution in [0.25, 0.3) is 0 Å². The molecule has 0 spiro atoms. The lowest BCUT2D eigenvalue weighted by Crippen LogP contribution is -2.37. The van der Waals surface area contributed by atoms with E-state index >= 15 is 0 Å². The first-order valence-electron chi connectivity index (χ1n) is 5.63. The van der Waals surface area contributed by atoms with E-state index in [-0.39, 0.29) is 12.3 Å². The van der Waals surface area contributed by atoms with Crippen molar-refractivity contribution in [3.05, 3.63) is 0 Å². The summed E-state index contributed by atoms with van der Waals surface area (Å²) in [5.74, 6) is -0.802. The second-order valence-corrected chi connectivity index (χ2v) is 3.90. The Morgan fingerprint density at radius 1 is 1.19 bits per heavy atom. The van der Waals surface area contributed by atoms with E-state index in [1.807, 2.05) is 7.05 Å².